The lowest BCUT2D eigenvalue weighted by atomic mass is 9.91. The van der Waals surface area contributed by atoms with Gasteiger partial charge in [-0.15, -0.1) is 11.3 Å². The quantitative estimate of drug-likeness (QED) is 0.692. The van der Waals surface area contributed by atoms with Gasteiger partial charge in [-0.1, -0.05) is 18.2 Å². The lowest BCUT2D eigenvalue weighted by molar-refractivity contribution is -0.115. The van der Waals surface area contributed by atoms with Crippen molar-refractivity contribution in [3.63, 3.8) is 0 Å². The number of halogens is 1. The molecule has 1 aliphatic rings. The van der Waals surface area contributed by atoms with E-state index in [1.807, 2.05) is 37.4 Å². The van der Waals surface area contributed by atoms with E-state index in [4.69, 9.17) is 0 Å². The number of thiazole rings is 1. The molecule has 0 saturated heterocycles. The summed E-state index contributed by atoms with van der Waals surface area (Å²) in [6.07, 6.45) is 0.0876. The van der Waals surface area contributed by atoms with Crippen LogP contribution in [0, 0.1) is 5.82 Å². The molecule has 5 nitrogen and oxygen atoms in total. The number of nitrogens with one attached hydrogen (secondary N) is 1. The van der Waals surface area contributed by atoms with E-state index in [2.05, 4.69) is 10.3 Å². The van der Waals surface area contributed by atoms with Crippen LogP contribution in [-0.2, 0) is 16.8 Å². The van der Waals surface area contributed by atoms with Crippen molar-refractivity contribution in [2.45, 2.75) is 25.8 Å². The smallest absolute Gasteiger partial charge is 0.254 e. The van der Waals surface area contributed by atoms with E-state index in [1.54, 1.807) is 24.1 Å². The molecule has 2 amide bonds. The summed E-state index contributed by atoms with van der Waals surface area (Å²) in [6, 6.07) is 11.7. The van der Waals surface area contributed by atoms with Gasteiger partial charge in [0.05, 0.1) is 17.7 Å². The molecule has 4 rings (SSSR count). The Labute approximate surface area is 172 Å². The summed E-state index contributed by atoms with van der Waals surface area (Å²) in [5.41, 5.74) is 3.30. The lowest BCUT2D eigenvalue weighted by Crippen LogP contribution is -2.35. The first kappa shape index (κ1) is 19.3. The molecule has 0 radical (unpaired) electrons. The summed E-state index contributed by atoms with van der Waals surface area (Å²) in [5.74, 6) is -0.615. The predicted octanol–water partition coefficient (Wildman–Crippen LogP) is 4.45. The van der Waals surface area contributed by atoms with Gasteiger partial charge < -0.3 is 10.2 Å². The van der Waals surface area contributed by atoms with Crippen LogP contribution in [0.5, 0.6) is 0 Å². The fourth-order valence-corrected chi connectivity index (χ4v) is 4.27. The lowest BCUT2D eigenvalue weighted by Gasteiger charge is -2.28. The van der Waals surface area contributed by atoms with Crippen molar-refractivity contribution in [3.8, 4) is 11.3 Å². The molecule has 0 saturated carbocycles. The van der Waals surface area contributed by atoms with E-state index in [-0.39, 0.29) is 24.1 Å². The number of carbonyl (C=O) groups is 2. The summed E-state index contributed by atoms with van der Waals surface area (Å²) in [4.78, 5) is 31.4. The molecular weight excluding hydrogens is 389 g/mol. The van der Waals surface area contributed by atoms with Gasteiger partial charge in [-0.25, -0.2) is 9.37 Å². The Morgan fingerprint density at radius 3 is 2.66 bits per heavy atom. The molecular formula is C22H20FN3O2S. The zero-order chi connectivity index (χ0) is 20.8. The summed E-state index contributed by atoms with van der Waals surface area (Å²) in [6.45, 7) is 3.99. The van der Waals surface area contributed by atoms with E-state index >= 15 is 0 Å². The Bertz CT molecular complexity index is 1110. The van der Waals surface area contributed by atoms with Gasteiger partial charge in [-0.2, -0.15) is 0 Å². The second-order valence-corrected chi connectivity index (χ2v) is 8.39. The molecule has 7 heteroatoms. The minimum absolute atomic E-state index is 0.0683. The van der Waals surface area contributed by atoms with Crippen LogP contribution < -0.4 is 5.32 Å². The molecule has 0 unspecified atom stereocenters. The Kier molecular flexibility index (Phi) is 4.70. The highest BCUT2D eigenvalue weighted by Gasteiger charge is 2.41. The van der Waals surface area contributed by atoms with Gasteiger partial charge in [0.25, 0.3) is 5.91 Å². The number of anilines is 1. The normalized spacial score (nSPS) is 14.8. The number of hydrogen-bond donors (Lipinski definition) is 1. The molecule has 0 bridgehead atoms. The molecule has 0 fully saturated rings. The van der Waals surface area contributed by atoms with E-state index in [0.29, 0.717) is 22.0 Å². The third kappa shape index (κ3) is 3.42. The maximum atomic E-state index is 13.1. The number of amides is 2. The van der Waals surface area contributed by atoms with Crippen LogP contribution in [0.4, 0.5) is 9.52 Å². The van der Waals surface area contributed by atoms with Gasteiger partial charge in [-0.05, 0) is 49.2 Å². The third-order valence-corrected chi connectivity index (χ3v) is 6.17. The molecule has 0 atom stereocenters. The summed E-state index contributed by atoms with van der Waals surface area (Å²) < 4.78 is 13.1. The number of aromatic nitrogens is 1. The predicted molar refractivity (Wildman–Crippen MR) is 111 cm³/mol. The van der Waals surface area contributed by atoms with Crippen molar-refractivity contribution in [1.29, 1.82) is 0 Å². The van der Waals surface area contributed by atoms with Crippen LogP contribution >= 0.6 is 11.3 Å². The molecule has 1 aliphatic heterocycles. The van der Waals surface area contributed by atoms with Crippen molar-refractivity contribution >= 4 is 28.3 Å². The van der Waals surface area contributed by atoms with E-state index < -0.39 is 5.54 Å². The molecule has 29 heavy (non-hydrogen) atoms. The van der Waals surface area contributed by atoms with Crippen LogP contribution in [0.2, 0.25) is 0 Å². The first-order valence-corrected chi connectivity index (χ1v) is 10.1. The molecule has 2 aromatic carbocycles. The number of hydrogen-bond acceptors (Lipinski definition) is 4. The third-order valence-electron chi connectivity index (χ3n) is 5.41. The van der Waals surface area contributed by atoms with Crippen LogP contribution in [0.1, 0.15) is 35.3 Å². The standard InChI is InChI=1S/C22H20FN3O2S/c1-22(2)16-6-4-5-14(19(16)20(28)26(22)3)11-18(27)25-21-24-17(12-29-21)13-7-9-15(23)10-8-13/h4-10,12H,11H2,1-3H3,(H,24,25,27). The van der Waals surface area contributed by atoms with Gasteiger partial charge in [0.2, 0.25) is 5.91 Å². The highest BCUT2D eigenvalue weighted by molar-refractivity contribution is 7.14. The summed E-state index contributed by atoms with van der Waals surface area (Å²) in [5, 5.41) is 5.07. The van der Waals surface area contributed by atoms with Gasteiger partial charge in [0.1, 0.15) is 5.82 Å². The molecule has 3 aromatic rings. The molecule has 148 valence electrons. The molecule has 0 aliphatic carbocycles. The maximum Gasteiger partial charge on any atom is 0.254 e. The number of fused-ring (bicyclic) bond motifs is 1. The number of benzene rings is 2. The van der Waals surface area contributed by atoms with Crippen LogP contribution in [0.25, 0.3) is 11.3 Å². The first-order valence-electron chi connectivity index (χ1n) is 9.19. The topological polar surface area (TPSA) is 62.3 Å². The van der Waals surface area contributed by atoms with Crippen LogP contribution in [-0.4, -0.2) is 28.7 Å². The van der Waals surface area contributed by atoms with E-state index in [1.165, 1.54) is 23.5 Å². The monoisotopic (exact) mass is 409 g/mol. The highest BCUT2D eigenvalue weighted by atomic mass is 32.1. The highest BCUT2D eigenvalue weighted by Crippen LogP contribution is 2.39. The van der Waals surface area contributed by atoms with E-state index in [0.717, 1.165) is 11.1 Å². The average Bonchev–Trinajstić information content (AvgIpc) is 3.21. The molecule has 0 spiro atoms. The number of nitrogens with zero attached hydrogens (tertiary/aromatic N) is 2. The molecule has 1 aromatic heterocycles. The van der Waals surface area contributed by atoms with E-state index in [9.17, 15) is 14.0 Å². The fraction of sp³-hybridized carbons (Fsp3) is 0.227. The SMILES string of the molecule is CN1C(=O)c2c(CC(=O)Nc3nc(-c4ccc(F)cc4)cs3)cccc2C1(C)C. The van der Waals surface area contributed by atoms with Gasteiger partial charge in [-0.3, -0.25) is 9.59 Å². The Morgan fingerprint density at radius 2 is 1.93 bits per heavy atom. The van der Waals surface area contributed by atoms with Crippen LogP contribution in [0.15, 0.2) is 47.8 Å². The largest absolute Gasteiger partial charge is 0.332 e. The van der Waals surface area contributed by atoms with Crippen molar-refractivity contribution in [1.82, 2.24) is 9.88 Å². The van der Waals surface area contributed by atoms with Crippen LogP contribution in [0.3, 0.4) is 0 Å². The molecule has 2 heterocycles. The second-order valence-electron chi connectivity index (χ2n) is 7.53. The maximum absolute atomic E-state index is 13.1. The Balaban J connectivity index is 1.52. The minimum Gasteiger partial charge on any atom is -0.332 e. The zero-order valence-corrected chi connectivity index (χ0v) is 17.1. The van der Waals surface area contributed by atoms with Gasteiger partial charge in [0.15, 0.2) is 5.13 Å². The van der Waals surface area contributed by atoms with Crippen molar-refractivity contribution in [2.75, 3.05) is 12.4 Å². The van der Waals surface area contributed by atoms with Crippen molar-refractivity contribution in [2.24, 2.45) is 0 Å². The zero-order valence-electron chi connectivity index (χ0n) is 16.3. The van der Waals surface area contributed by atoms with Crippen molar-refractivity contribution in [3.05, 3.63) is 70.4 Å². The van der Waals surface area contributed by atoms with Gasteiger partial charge >= 0.3 is 0 Å². The van der Waals surface area contributed by atoms with Crippen molar-refractivity contribution < 1.29 is 14.0 Å². The van der Waals surface area contributed by atoms with Gasteiger partial charge in [0, 0.05) is 23.6 Å². The summed E-state index contributed by atoms with van der Waals surface area (Å²) >= 11 is 1.30. The number of carbonyl (C=O) groups excluding carboxylic acids is 2. The fourth-order valence-electron chi connectivity index (χ4n) is 3.53. The first-order chi connectivity index (χ1) is 13.8. The second kappa shape index (κ2) is 7.08. The average molecular weight is 409 g/mol. The Morgan fingerprint density at radius 1 is 1.21 bits per heavy atom. The summed E-state index contributed by atoms with van der Waals surface area (Å²) in [7, 11) is 1.78. The Hall–Kier alpha value is -3.06. The minimum atomic E-state index is -0.404. The molecule has 1 N–H and O–H groups in total. The number of rotatable bonds is 4.